The minimum atomic E-state index is -0.564. The van der Waals surface area contributed by atoms with Gasteiger partial charge in [-0.1, -0.05) is 46.3 Å². The van der Waals surface area contributed by atoms with E-state index in [2.05, 4.69) is 38.5 Å². The number of aliphatic hydroxyl groups excluding tert-OH is 1. The second-order valence-electron chi connectivity index (χ2n) is 3.48. The van der Waals surface area contributed by atoms with E-state index in [0.717, 1.165) is 19.2 Å². The standard InChI is InChI=1S/C13H10BrIO/c14-10-5-3-4-9(8-10)13(16)11-6-1-2-7-12(11)15/h1-8,13,16H. The summed E-state index contributed by atoms with van der Waals surface area (Å²) in [6, 6.07) is 15.6. The van der Waals surface area contributed by atoms with Crippen LogP contribution in [0.25, 0.3) is 0 Å². The van der Waals surface area contributed by atoms with Crippen molar-refractivity contribution in [3.8, 4) is 0 Å². The molecule has 2 rings (SSSR count). The van der Waals surface area contributed by atoms with Crippen LogP contribution in [-0.2, 0) is 0 Å². The Bertz CT molecular complexity index is 499. The molecule has 0 aromatic heterocycles. The molecule has 0 saturated heterocycles. The number of aliphatic hydroxyl groups is 1. The van der Waals surface area contributed by atoms with Crippen molar-refractivity contribution in [3.05, 3.63) is 67.7 Å². The number of halogens is 2. The van der Waals surface area contributed by atoms with E-state index in [1.807, 2.05) is 48.5 Å². The highest BCUT2D eigenvalue weighted by atomic mass is 127. The largest absolute Gasteiger partial charge is 0.384 e. The molecule has 1 N–H and O–H groups in total. The van der Waals surface area contributed by atoms with Gasteiger partial charge in [0.1, 0.15) is 6.10 Å². The van der Waals surface area contributed by atoms with Crippen molar-refractivity contribution >= 4 is 38.5 Å². The Balaban J connectivity index is 2.39. The smallest absolute Gasteiger partial charge is 0.105 e. The van der Waals surface area contributed by atoms with Crippen LogP contribution in [0.3, 0.4) is 0 Å². The summed E-state index contributed by atoms with van der Waals surface area (Å²) in [5.41, 5.74) is 1.85. The van der Waals surface area contributed by atoms with Crippen molar-refractivity contribution in [1.82, 2.24) is 0 Å². The van der Waals surface area contributed by atoms with E-state index < -0.39 is 6.10 Å². The summed E-state index contributed by atoms with van der Waals surface area (Å²) in [6.07, 6.45) is -0.564. The molecule has 0 spiro atoms. The predicted octanol–water partition coefficient (Wildman–Crippen LogP) is 4.14. The normalized spacial score (nSPS) is 12.4. The molecule has 0 aliphatic heterocycles. The molecular weight excluding hydrogens is 379 g/mol. The Morgan fingerprint density at radius 3 is 2.50 bits per heavy atom. The number of hydrogen-bond donors (Lipinski definition) is 1. The highest BCUT2D eigenvalue weighted by Gasteiger charge is 2.12. The Hall–Kier alpha value is -0.390. The van der Waals surface area contributed by atoms with Gasteiger partial charge < -0.3 is 5.11 Å². The predicted molar refractivity (Wildman–Crippen MR) is 77.4 cm³/mol. The van der Waals surface area contributed by atoms with Gasteiger partial charge in [0.15, 0.2) is 0 Å². The fourth-order valence-corrected chi connectivity index (χ4v) is 2.65. The van der Waals surface area contributed by atoms with Gasteiger partial charge in [-0.3, -0.25) is 0 Å². The molecule has 2 aromatic carbocycles. The minimum Gasteiger partial charge on any atom is -0.384 e. The second kappa shape index (κ2) is 5.29. The van der Waals surface area contributed by atoms with Gasteiger partial charge in [0, 0.05) is 8.04 Å². The quantitative estimate of drug-likeness (QED) is 0.766. The van der Waals surface area contributed by atoms with Gasteiger partial charge in [-0.25, -0.2) is 0 Å². The first-order valence-electron chi connectivity index (χ1n) is 4.86. The van der Waals surface area contributed by atoms with E-state index in [1.54, 1.807) is 0 Å². The maximum Gasteiger partial charge on any atom is 0.105 e. The first kappa shape index (κ1) is 12.1. The minimum absolute atomic E-state index is 0.564. The van der Waals surface area contributed by atoms with Gasteiger partial charge in [-0.05, 0) is 51.9 Å². The number of rotatable bonds is 2. The summed E-state index contributed by atoms with van der Waals surface area (Å²) in [6.45, 7) is 0. The molecular formula is C13H10BrIO. The summed E-state index contributed by atoms with van der Waals surface area (Å²) in [5.74, 6) is 0. The van der Waals surface area contributed by atoms with Crippen molar-refractivity contribution in [2.24, 2.45) is 0 Å². The molecule has 0 amide bonds. The van der Waals surface area contributed by atoms with Crippen molar-refractivity contribution in [2.75, 3.05) is 0 Å². The van der Waals surface area contributed by atoms with Gasteiger partial charge in [0.05, 0.1) is 0 Å². The molecule has 0 aliphatic rings. The van der Waals surface area contributed by atoms with Crippen LogP contribution < -0.4 is 0 Å². The lowest BCUT2D eigenvalue weighted by Crippen LogP contribution is -2.01. The van der Waals surface area contributed by atoms with Gasteiger partial charge in [-0.2, -0.15) is 0 Å². The first-order chi connectivity index (χ1) is 7.68. The van der Waals surface area contributed by atoms with Crippen LogP contribution in [0.1, 0.15) is 17.2 Å². The van der Waals surface area contributed by atoms with Gasteiger partial charge in [0.2, 0.25) is 0 Å². The zero-order chi connectivity index (χ0) is 11.5. The average Bonchev–Trinajstić information content (AvgIpc) is 2.29. The topological polar surface area (TPSA) is 20.2 Å². The van der Waals surface area contributed by atoms with Gasteiger partial charge in [0.25, 0.3) is 0 Å². The molecule has 1 atom stereocenters. The van der Waals surface area contributed by atoms with Crippen LogP contribution >= 0.6 is 38.5 Å². The second-order valence-corrected chi connectivity index (χ2v) is 5.56. The van der Waals surface area contributed by atoms with Gasteiger partial charge >= 0.3 is 0 Å². The molecule has 0 heterocycles. The molecule has 82 valence electrons. The Morgan fingerprint density at radius 2 is 1.81 bits per heavy atom. The lowest BCUT2D eigenvalue weighted by molar-refractivity contribution is 0.219. The van der Waals surface area contributed by atoms with Crippen molar-refractivity contribution in [2.45, 2.75) is 6.10 Å². The SMILES string of the molecule is OC(c1cccc(Br)c1)c1ccccc1I. The highest BCUT2D eigenvalue weighted by Crippen LogP contribution is 2.27. The molecule has 2 aromatic rings. The first-order valence-corrected chi connectivity index (χ1v) is 6.73. The number of hydrogen-bond acceptors (Lipinski definition) is 1. The molecule has 0 radical (unpaired) electrons. The lowest BCUT2D eigenvalue weighted by Gasteiger charge is -2.13. The van der Waals surface area contributed by atoms with Crippen LogP contribution in [-0.4, -0.2) is 5.11 Å². The third-order valence-corrected chi connectivity index (χ3v) is 3.84. The number of benzene rings is 2. The maximum absolute atomic E-state index is 10.3. The monoisotopic (exact) mass is 388 g/mol. The molecule has 0 aliphatic carbocycles. The molecule has 0 saturated carbocycles. The fourth-order valence-electron chi connectivity index (χ4n) is 1.55. The zero-order valence-corrected chi connectivity index (χ0v) is 12.1. The summed E-state index contributed by atoms with van der Waals surface area (Å²) in [5, 5.41) is 10.3. The van der Waals surface area contributed by atoms with E-state index in [9.17, 15) is 5.11 Å². The third-order valence-electron chi connectivity index (χ3n) is 2.36. The summed E-state index contributed by atoms with van der Waals surface area (Å²) >= 11 is 5.65. The molecule has 0 bridgehead atoms. The van der Waals surface area contributed by atoms with Crippen LogP contribution in [0.15, 0.2) is 53.0 Å². The van der Waals surface area contributed by atoms with E-state index in [4.69, 9.17) is 0 Å². The van der Waals surface area contributed by atoms with Crippen LogP contribution in [0, 0.1) is 3.57 Å². The average molecular weight is 389 g/mol. The summed E-state index contributed by atoms with van der Waals surface area (Å²) in [4.78, 5) is 0. The van der Waals surface area contributed by atoms with E-state index in [0.29, 0.717) is 0 Å². The van der Waals surface area contributed by atoms with Crippen LogP contribution in [0.2, 0.25) is 0 Å². The fraction of sp³-hybridized carbons (Fsp3) is 0.0769. The molecule has 1 unspecified atom stereocenters. The molecule has 3 heteroatoms. The Kier molecular flexibility index (Phi) is 4.00. The van der Waals surface area contributed by atoms with Crippen LogP contribution in [0.5, 0.6) is 0 Å². The Morgan fingerprint density at radius 1 is 1.06 bits per heavy atom. The van der Waals surface area contributed by atoms with Crippen molar-refractivity contribution < 1.29 is 5.11 Å². The molecule has 1 nitrogen and oxygen atoms in total. The summed E-state index contributed by atoms with van der Waals surface area (Å²) < 4.78 is 2.06. The van der Waals surface area contributed by atoms with E-state index >= 15 is 0 Å². The van der Waals surface area contributed by atoms with Gasteiger partial charge in [-0.15, -0.1) is 0 Å². The maximum atomic E-state index is 10.3. The Labute approximate surface area is 117 Å². The van der Waals surface area contributed by atoms with Crippen molar-refractivity contribution in [1.29, 1.82) is 0 Å². The molecule has 16 heavy (non-hydrogen) atoms. The van der Waals surface area contributed by atoms with Crippen LogP contribution in [0.4, 0.5) is 0 Å². The highest BCUT2D eigenvalue weighted by molar-refractivity contribution is 14.1. The van der Waals surface area contributed by atoms with E-state index in [-0.39, 0.29) is 0 Å². The van der Waals surface area contributed by atoms with Crippen molar-refractivity contribution in [3.63, 3.8) is 0 Å². The molecule has 0 fully saturated rings. The summed E-state index contributed by atoms with van der Waals surface area (Å²) in [7, 11) is 0. The third kappa shape index (κ3) is 2.64. The van der Waals surface area contributed by atoms with E-state index in [1.165, 1.54) is 0 Å². The zero-order valence-electron chi connectivity index (χ0n) is 8.40. The lowest BCUT2D eigenvalue weighted by atomic mass is 10.0.